The molecule has 0 spiro atoms. The second-order valence-electron chi connectivity index (χ2n) is 0. The Morgan fingerprint density at radius 2 is 1.25 bits per heavy atom. The van der Waals surface area contributed by atoms with Gasteiger partial charge in [-0.1, -0.05) is 0 Å². The van der Waals surface area contributed by atoms with Crippen molar-refractivity contribution in [2.45, 2.75) is 0 Å². The summed E-state index contributed by atoms with van der Waals surface area (Å²) in [5.41, 5.74) is 0. The van der Waals surface area contributed by atoms with Crippen molar-refractivity contribution in [2.75, 3.05) is 0 Å². The molecule has 4 heteroatoms. The fourth-order valence-corrected chi connectivity index (χ4v) is 0. The monoisotopic (exact) mass is 242 g/mol. The van der Waals surface area contributed by atoms with Crippen LogP contribution in [0.25, 0.3) is 0 Å². The van der Waals surface area contributed by atoms with E-state index in [2.05, 4.69) is 0 Å². The van der Waals surface area contributed by atoms with Gasteiger partial charge in [0.2, 0.25) is 0 Å². The van der Waals surface area contributed by atoms with E-state index in [9.17, 15) is 0 Å². The Morgan fingerprint density at radius 3 is 1.25 bits per heavy atom. The third-order valence-corrected chi connectivity index (χ3v) is 0. The second kappa shape index (κ2) is 17.2. The zero-order valence-electron chi connectivity index (χ0n) is 4.12. The van der Waals surface area contributed by atoms with Crippen molar-refractivity contribution >= 4 is 64.3 Å². The van der Waals surface area contributed by atoms with Gasteiger partial charge in [-0.2, -0.15) is 0 Å². The maximum absolute atomic E-state index is 0. The van der Waals surface area contributed by atoms with Gasteiger partial charge in [-0.25, -0.2) is 0 Å². The van der Waals surface area contributed by atoms with Crippen LogP contribution in [0.15, 0.2) is 0 Å². The first-order valence-electron chi connectivity index (χ1n) is 0. The maximum atomic E-state index is 0. The van der Waals surface area contributed by atoms with Crippen LogP contribution in [-0.2, 0) is 19.5 Å². The van der Waals surface area contributed by atoms with Gasteiger partial charge in [-0.05, 0) is 0 Å². The van der Waals surface area contributed by atoms with Crippen molar-refractivity contribution in [2.24, 2.45) is 0 Å². The van der Waals surface area contributed by atoms with Crippen LogP contribution in [0.3, 0.4) is 0 Å². The molecular formula is H7AlMgSnZn. The molecule has 0 saturated carbocycles. The molecule has 0 heterocycles. The Kier molecular flexibility index (Phi) is 128. The summed E-state index contributed by atoms with van der Waals surface area (Å²) < 4.78 is 0. The van der Waals surface area contributed by atoms with Gasteiger partial charge in [0.15, 0.2) is 17.4 Å². The first-order chi connectivity index (χ1) is 0. The van der Waals surface area contributed by atoms with Crippen LogP contribution < -0.4 is 0 Å². The summed E-state index contributed by atoms with van der Waals surface area (Å²) in [5.74, 6) is 0. The Bertz CT molecular complexity index is 13.5. The predicted octanol–water partition coefficient (Wildman–Crippen LogP) is -2.26. The Balaban J connectivity index is 0. The predicted molar refractivity (Wildman–Crippen MR) is 26.5 cm³/mol. The van der Waals surface area contributed by atoms with Gasteiger partial charge < -0.3 is 2.85 Å². The molecule has 0 aliphatic rings. The van der Waals surface area contributed by atoms with Crippen molar-refractivity contribution in [1.29, 1.82) is 0 Å². The van der Waals surface area contributed by atoms with Crippen molar-refractivity contribution in [1.82, 2.24) is 0 Å². The second-order valence-corrected chi connectivity index (χ2v) is 0. The van der Waals surface area contributed by atoms with Crippen LogP contribution in [0.1, 0.15) is 2.85 Å². The Morgan fingerprint density at radius 1 is 1.25 bits per heavy atom. The van der Waals surface area contributed by atoms with E-state index in [1.54, 1.807) is 0 Å². The zero-order chi connectivity index (χ0) is 0. The molecule has 0 bridgehead atoms. The Labute approximate surface area is 85.4 Å². The molecule has 0 saturated heterocycles. The van der Waals surface area contributed by atoms with E-state index in [4.69, 9.17) is 0 Å². The molecule has 0 aromatic rings. The normalized spacial score (nSPS) is 0. The minimum absolute atomic E-state index is 0. The van der Waals surface area contributed by atoms with Gasteiger partial charge in [0, 0.05) is 19.5 Å². The Hall–Kier alpha value is 2.72. The van der Waals surface area contributed by atoms with Gasteiger partial charge >= 0.3 is 47.0 Å². The zero-order valence-corrected chi connectivity index (χ0v) is 10.5. The van der Waals surface area contributed by atoms with Gasteiger partial charge in [-0.15, -0.1) is 0 Å². The van der Waals surface area contributed by atoms with Crippen LogP contribution in [0.2, 0.25) is 0 Å². The van der Waals surface area contributed by atoms with Gasteiger partial charge in [-0.3, -0.25) is 0 Å². The summed E-state index contributed by atoms with van der Waals surface area (Å²) in [5, 5.41) is 0. The molecule has 0 nitrogen and oxygen atoms in total. The van der Waals surface area contributed by atoms with Gasteiger partial charge in [0.05, 0.1) is 0 Å². The molecule has 0 N–H and O–H groups in total. The molecule has 0 rings (SSSR count). The van der Waals surface area contributed by atoms with E-state index in [0.29, 0.717) is 0 Å². The van der Waals surface area contributed by atoms with Crippen molar-refractivity contribution in [3.8, 4) is 0 Å². The fourth-order valence-electron chi connectivity index (χ4n) is 0. The summed E-state index contributed by atoms with van der Waals surface area (Å²) in [6.07, 6.45) is 0. The molecule has 0 fully saturated rings. The summed E-state index contributed by atoms with van der Waals surface area (Å²) in [7, 11) is 0. The number of hydrogen-bond acceptors (Lipinski definition) is 0. The summed E-state index contributed by atoms with van der Waals surface area (Å²) >= 11 is 0. The van der Waals surface area contributed by atoms with Crippen LogP contribution in [0.5, 0.6) is 0 Å². The quantitative estimate of drug-likeness (QED) is 0.421. The first-order valence-corrected chi connectivity index (χ1v) is 0. The van der Waals surface area contributed by atoms with E-state index < -0.39 is 0 Å². The van der Waals surface area contributed by atoms with E-state index in [1.807, 2.05) is 0 Å². The maximum Gasteiger partial charge on any atom is 0 e. The van der Waals surface area contributed by atoms with E-state index in [1.165, 1.54) is 0 Å². The van der Waals surface area contributed by atoms with Crippen LogP contribution in [0.4, 0.5) is 0 Å². The largest absolute Gasteiger partial charge is 0 e. The smallest absolute Gasteiger partial charge is 0 e. The van der Waals surface area contributed by atoms with Crippen LogP contribution >= 0.6 is 0 Å². The molecule has 0 unspecified atom stereocenters. The SMILES string of the molecule is [AlH3].[H-].[H-].[Mg+2].[SnH2].[Zn]. The molecular weight excluding hydrogens is 235 g/mol. The molecule has 4 heavy (non-hydrogen) atoms. The summed E-state index contributed by atoms with van der Waals surface area (Å²) in [6, 6.07) is 0. The molecule has 0 aliphatic carbocycles. The third kappa shape index (κ3) is 8.83. The van der Waals surface area contributed by atoms with Crippen molar-refractivity contribution in [3.05, 3.63) is 0 Å². The number of hydrogen-bond donors (Lipinski definition) is 0. The third-order valence-electron chi connectivity index (χ3n) is 0. The molecule has 18 valence electrons. The van der Waals surface area contributed by atoms with Crippen LogP contribution in [-0.4, -0.2) is 64.3 Å². The summed E-state index contributed by atoms with van der Waals surface area (Å²) in [4.78, 5) is 0. The average molecular weight is 242 g/mol. The topological polar surface area (TPSA) is 0 Å². The molecule has 0 atom stereocenters. The molecule has 0 aromatic heterocycles. The first kappa shape index (κ1) is 29.7. The standard InChI is InChI=1S/Al.Mg.Sn.Zn.7H/q;+2;;;;;;;;2*-1. The van der Waals surface area contributed by atoms with Crippen LogP contribution in [0, 0.1) is 0 Å². The molecule has 0 aromatic carbocycles. The minimum atomic E-state index is 0. The van der Waals surface area contributed by atoms with E-state index >= 15 is 0 Å². The minimum Gasteiger partial charge on any atom is 0 e. The van der Waals surface area contributed by atoms with Gasteiger partial charge in [0.1, 0.15) is 0 Å². The summed E-state index contributed by atoms with van der Waals surface area (Å²) in [6.45, 7) is 0. The number of rotatable bonds is 0. The van der Waals surface area contributed by atoms with Crippen molar-refractivity contribution < 1.29 is 22.3 Å². The van der Waals surface area contributed by atoms with E-state index in [-0.39, 0.29) is 86.7 Å². The molecule has 2 radical (unpaired) electrons. The van der Waals surface area contributed by atoms with Gasteiger partial charge in [0.25, 0.3) is 0 Å². The fraction of sp³-hybridized carbons (Fsp3) is 0. The molecule has 0 aliphatic heterocycles. The van der Waals surface area contributed by atoms with E-state index in [0.717, 1.165) is 0 Å². The average Bonchev–Trinajstić information content (AvgIpc) is 0. The van der Waals surface area contributed by atoms with Crippen molar-refractivity contribution in [3.63, 3.8) is 0 Å². The molecule has 0 amide bonds.